The predicted octanol–water partition coefficient (Wildman–Crippen LogP) is 2.79. The summed E-state index contributed by atoms with van der Waals surface area (Å²) in [4.78, 5) is 24.9. The van der Waals surface area contributed by atoms with Gasteiger partial charge in [-0.05, 0) is 43.4 Å². The Morgan fingerprint density at radius 3 is 3.03 bits per heavy atom. The van der Waals surface area contributed by atoms with Crippen LogP contribution in [0.15, 0.2) is 36.8 Å². The molecular formula is C24H23N7O. The third kappa shape index (κ3) is 3.69. The largest absolute Gasteiger partial charge is 0.346 e. The molecule has 160 valence electrons. The van der Waals surface area contributed by atoms with Gasteiger partial charge in [-0.1, -0.05) is 18.2 Å². The number of nitrogens with one attached hydrogen (secondary N) is 3. The van der Waals surface area contributed by atoms with E-state index < -0.39 is 0 Å². The standard InChI is InChI=1S/C24H23N7O/c1-14-4-8-20-22(10-14)28-23(27-20)15(2)26-24(32)16-5-7-18-19(29-30-21(18)11-16)9-6-17-12-25-13-31(17)3/h4-5,7-8,10,12-13,15-16H,11H2,1-3H3,(H,26,32)(H,27,28)(H,29,30). The molecule has 2 atom stereocenters. The zero-order chi connectivity index (χ0) is 22.2. The molecule has 1 amide bonds. The Balaban J connectivity index is 1.28. The van der Waals surface area contributed by atoms with Gasteiger partial charge >= 0.3 is 0 Å². The Kier molecular flexibility index (Phi) is 4.86. The Hall–Kier alpha value is -4.12. The zero-order valence-electron chi connectivity index (χ0n) is 18.1. The topological polar surface area (TPSA) is 104 Å². The molecule has 3 N–H and O–H groups in total. The van der Waals surface area contributed by atoms with Crippen LogP contribution in [0, 0.1) is 24.7 Å². The highest BCUT2D eigenvalue weighted by Crippen LogP contribution is 2.25. The van der Waals surface area contributed by atoms with Gasteiger partial charge in [-0.3, -0.25) is 9.89 Å². The normalized spacial score (nSPS) is 15.8. The number of aromatic amines is 2. The van der Waals surface area contributed by atoms with Gasteiger partial charge < -0.3 is 14.9 Å². The van der Waals surface area contributed by atoms with Crippen LogP contribution in [-0.2, 0) is 18.3 Å². The maximum absolute atomic E-state index is 12.9. The molecule has 0 aliphatic heterocycles. The molecule has 1 aromatic carbocycles. The van der Waals surface area contributed by atoms with Crippen molar-refractivity contribution in [3.63, 3.8) is 0 Å². The first kappa shape index (κ1) is 19.8. The Bertz CT molecular complexity index is 1410. The summed E-state index contributed by atoms with van der Waals surface area (Å²) in [5.41, 5.74) is 6.36. The predicted molar refractivity (Wildman–Crippen MR) is 121 cm³/mol. The lowest BCUT2D eigenvalue weighted by Gasteiger charge is -2.19. The number of nitrogens with zero attached hydrogens (tertiary/aromatic N) is 4. The van der Waals surface area contributed by atoms with Gasteiger partial charge in [-0.2, -0.15) is 5.10 Å². The molecule has 1 aliphatic carbocycles. The smallest absolute Gasteiger partial charge is 0.227 e. The molecule has 0 radical (unpaired) electrons. The monoisotopic (exact) mass is 425 g/mol. The van der Waals surface area contributed by atoms with Crippen molar-refractivity contribution in [2.45, 2.75) is 26.3 Å². The number of carbonyl (C=O) groups excluding carboxylic acids is 1. The number of H-pyrrole nitrogens is 2. The van der Waals surface area contributed by atoms with E-state index in [1.165, 1.54) is 0 Å². The maximum atomic E-state index is 12.9. The van der Waals surface area contributed by atoms with E-state index in [0.717, 1.165) is 39.4 Å². The first-order valence-electron chi connectivity index (χ1n) is 10.5. The molecule has 4 aromatic rings. The van der Waals surface area contributed by atoms with Gasteiger partial charge in [-0.15, -0.1) is 0 Å². The average molecular weight is 425 g/mol. The van der Waals surface area contributed by atoms with E-state index in [1.54, 1.807) is 12.5 Å². The summed E-state index contributed by atoms with van der Waals surface area (Å²) >= 11 is 0. The number of imidazole rings is 2. The number of hydrogen-bond donors (Lipinski definition) is 3. The number of carbonyl (C=O) groups is 1. The van der Waals surface area contributed by atoms with Crippen LogP contribution in [0.4, 0.5) is 0 Å². The number of aryl methyl sites for hydroxylation is 2. The second kappa shape index (κ2) is 7.85. The molecule has 3 aromatic heterocycles. The van der Waals surface area contributed by atoms with Crippen molar-refractivity contribution in [2.75, 3.05) is 0 Å². The lowest BCUT2D eigenvalue weighted by atomic mass is 9.92. The fourth-order valence-corrected chi connectivity index (χ4v) is 3.84. The first-order chi connectivity index (χ1) is 15.5. The average Bonchev–Trinajstić information content (AvgIpc) is 3.49. The van der Waals surface area contributed by atoms with E-state index in [9.17, 15) is 4.79 Å². The lowest BCUT2D eigenvalue weighted by molar-refractivity contribution is -0.124. The Morgan fingerprint density at radius 1 is 1.34 bits per heavy atom. The first-order valence-corrected chi connectivity index (χ1v) is 10.5. The van der Waals surface area contributed by atoms with Crippen LogP contribution < -0.4 is 5.32 Å². The van der Waals surface area contributed by atoms with Crippen LogP contribution in [-0.4, -0.2) is 35.6 Å². The second-order valence-corrected chi connectivity index (χ2v) is 8.15. The minimum absolute atomic E-state index is 0.0480. The van der Waals surface area contributed by atoms with Crippen molar-refractivity contribution in [1.29, 1.82) is 0 Å². The van der Waals surface area contributed by atoms with E-state index in [4.69, 9.17) is 0 Å². The minimum Gasteiger partial charge on any atom is -0.346 e. The van der Waals surface area contributed by atoms with E-state index in [1.807, 2.05) is 49.7 Å². The summed E-state index contributed by atoms with van der Waals surface area (Å²) in [6.45, 7) is 3.98. The molecular weight excluding hydrogens is 402 g/mol. The summed E-state index contributed by atoms with van der Waals surface area (Å²) in [6.07, 6.45) is 7.81. The maximum Gasteiger partial charge on any atom is 0.227 e. The van der Waals surface area contributed by atoms with Crippen molar-refractivity contribution >= 4 is 23.0 Å². The third-order valence-electron chi connectivity index (χ3n) is 5.69. The van der Waals surface area contributed by atoms with Gasteiger partial charge in [0.05, 0.1) is 35.5 Å². The summed E-state index contributed by atoms with van der Waals surface area (Å²) in [5, 5.41) is 10.4. The van der Waals surface area contributed by atoms with E-state index in [0.29, 0.717) is 12.1 Å². The molecule has 8 heteroatoms. The number of benzene rings is 1. The zero-order valence-corrected chi connectivity index (χ0v) is 18.1. The Labute approximate surface area is 185 Å². The number of hydrogen-bond acceptors (Lipinski definition) is 4. The molecule has 3 heterocycles. The number of fused-ring (bicyclic) bond motifs is 2. The fourth-order valence-electron chi connectivity index (χ4n) is 3.84. The second-order valence-electron chi connectivity index (χ2n) is 8.15. The van der Waals surface area contributed by atoms with Crippen LogP contribution in [0.1, 0.15) is 47.0 Å². The molecule has 2 unspecified atom stereocenters. The quantitative estimate of drug-likeness (QED) is 0.439. The molecule has 0 saturated heterocycles. The summed E-state index contributed by atoms with van der Waals surface area (Å²) in [5.74, 6) is 6.59. The molecule has 1 aliphatic rings. The summed E-state index contributed by atoms with van der Waals surface area (Å²) in [7, 11) is 1.90. The SMILES string of the molecule is Cc1ccc2nc(C(C)NC(=O)C3C=Cc4c(C#Cc5cncn5C)n[nH]c4C3)[nH]c2c1. The van der Waals surface area contributed by atoms with Gasteiger partial charge in [-0.25, -0.2) is 9.97 Å². The fraction of sp³-hybridized carbons (Fsp3) is 0.250. The lowest BCUT2D eigenvalue weighted by Crippen LogP contribution is -2.34. The minimum atomic E-state index is -0.282. The van der Waals surface area contributed by atoms with Crippen molar-refractivity contribution in [1.82, 2.24) is 35.0 Å². The van der Waals surface area contributed by atoms with Gasteiger partial charge in [0, 0.05) is 24.7 Å². The van der Waals surface area contributed by atoms with Crippen LogP contribution >= 0.6 is 0 Å². The third-order valence-corrected chi connectivity index (χ3v) is 5.69. The molecule has 0 saturated carbocycles. The highest BCUT2D eigenvalue weighted by molar-refractivity contribution is 5.84. The summed E-state index contributed by atoms with van der Waals surface area (Å²) < 4.78 is 1.85. The van der Waals surface area contributed by atoms with Crippen LogP contribution in [0.25, 0.3) is 17.1 Å². The van der Waals surface area contributed by atoms with Gasteiger partial charge in [0.25, 0.3) is 0 Å². The summed E-state index contributed by atoms with van der Waals surface area (Å²) in [6, 6.07) is 5.84. The number of rotatable bonds is 3. The molecule has 32 heavy (non-hydrogen) atoms. The number of amides is 1. The van der Waals surface area contributed by atoms with E-state index in [2.05, 4.69) is 48.4 Å². The van der Waals surface area contributed by atoms with Crippen LogP contribution in [0.3, 0.4) is 0 Å². The molecule has 0 spiro atoms. The van der Waals surface area contributed by atoms with E-state index in [-0.39, 0.29) is 17.9 Å². The van der Waals surface area contributed by atoms with E-state index >= 15 is 0 Å². The highest BCUT2D eigenvalue weighted by atomic mass is 16.1. The molecule has 8 nitrogen and oxygen atoms in total. The van der Waals surface area contributed by atoms with Crippen molar-refractivity contribution < 1.29 is 4.79 Å². The highest BCUT2D eigenvalue weighted by Gasteiger charge is 2.25. The Morgan fingerprint density at radius 2 is 2.22 bits per heavy atom. The van der Waals surface area contributed by atoms with Crippen LogP contribution in [0.5, 0.6) is 0 Å². The van der Waals surface area contributed by atoms with Gasteiger partial charge in [0.1, 0.15) is 17.2 Å². The number of aromatic nitrogens is 6. The van der Waals surface area contributed by atoms with Crippen LogP contribution in [0.2, 0.25) is 0 Å². The molecule has 5 rings (SSSR count). The van der Waals surface area contributed by atoms with Crippen molar-refractivity contribution in [3.8, 4) is 11.8 Å². The van der Waals surface area contributed by atoms with Crippen molar-refractivity contribution in [3.05, 3.63) is 70.8 Å². The molecule has 0 bridgehead atoms. The van der Waals surface area contributed by atoms with Gasteiger partial charge in [0.15, 0.2) is 0 Å². The molecule has 0 fully saturated rings. The van der Waals surface area contributed by atoms with Crippen molar-refractivity contribution in [2.24, 2.45) is 13.0 Å². The van der Waals surface area contributed by atoms with Gasteiger partial charge in [0.2, 0.25) is 5.91 Å².